The molecule has 1 amide bonds. The van der Waals surface area contributed by atoms with Crippen molar-refractivity contribution in [2.45, 2.75) is 43.2 Å². The van der Waals surface area contributed by atoms with E-state index in [1.165, 1.54) is 0 Å². The topological polar surface area (TPSA) is 110 Å². The average Bonchev–Trinajstić information content (AvgIpc) is 3.18. The highest BCUT2D eigenvalue weighted by molar-refractivity contribution is 7.91. The van der Waals surface area contributed by atoms with Crippen molar-refractivity contribution < 1.29 is 17.9 Å². The number of halogens is 1. The highest BCUT2D eigenvalue weighted by Gasteiger charge is 2.37. The summed E-state index contributed by atoms with van der Waals surface area (Å²) in [6.45, 7) is 5.75. The van der Waals surface area contributed by atoms with Crippen LogP contribution >= 0.6 is 22.9 Å². The van der Waals surface area contributed by atoms with Gasteiger partial charge in [-0.2, -0.15) is 0 Å². The third-order valence-electron chi connectivity index (χ3n) is 4.88. The lowest BCUT2D eigenvalue weighted by atomic mass is 9.89. The molecule has 4 rings (SSSR count). The van der Waals surface area contributed by atoms with Crippen LogP contribution in [0.1, 0.15) is 47.8 Å². The fourth-order valence-corrected chi connectivity index (χ4v) is 5.71. The van der Waals surface area contributed by atoms with E-state index in [0.717, 1.165) is 22.5 Å². The van der Waals surface area contributed by atoms with Crippen molar-refractivity contribution in [2.24, 2.45) is 0 Å². The smallest absolute Gasteiger partial charge is 0.270 e. The molecule has 1 aliphatic rings. The van der Waals surface area contributed by atoms with Crippen LogP contribution in [0.2, 0.25) is 5.02 Å². The summed E-state index contributed by atoms with van der Waals surface area (Å²) in [6, 6.07) is 11.5. The number of anilines is 1. The van der Waals surface area contributed by atoms with Crippen LogP contribution < -0.4 is 14.8 Å². The first-order valence-corrected chi connectivity index (χ1v) is 12.4. The van der Waals surface area contributed by atoms with Crippen molar-refractivity contribution in [2.75, 3.05) is 5.32 Å². The molecule has 0 bridgehead atoms. The Labute approximate surface area is 195 Å². The molecule has 8 nitrogen and oxygen atoms in total. The molecule has 2 N–H and O–H groups in total. The maximum absolute atomic E-state index is 13.0. The first kappa shape index (κ1) is 22.7. The maximum Gasteiger partial charge on any atom is 0.270 e. The number of aromatic nitrogens is 2. The van der Waals surface area contributed by atoms with E-state index in [9.17, 15) is 13.2 Å². The zero-order valence-corrected chi connectivity index (χ0v) is 19.9. The fraction of sp³-hybridized carbons (Fsp3) is 0.286. The van der Waals surface area contributed by atoms with Gasteiger partial charge in [0.05, 0.1) is 6.04 Å². The number of nitrogens with zero attached hydrogens (tertiary/aromatic N) is 2. The van der Waals surface area contributed by atoms with Crippen molar-refractivity contribution in [3.8, 4) is 5.75 Å². The molecule has 1 aromatic heterocycles. The number of ether oxygens (including phenoxy) is 1. The van der Waals surface area contributed by atoms with E-state index in [1.807, 2.05) is 39.0 Å². The van der Waals surface area contributed by atoms with Gasteiger partial charge in [-0.15, -0.1) is 10.2 Å². The number of aryl methyl sites for hydroxylation is 1. The molecule has 0 fully saturated rings. The third kappa shape index (κ3) is 4.93. The number of hydrogen-bond acceptors (Lipinski definition) is 7. The number of nitrogens with one attached hydrogen (secondary N) is 2. The van der Waals surface area contributed by atoms with Crippen LogP contribution in [-0.2, 0) is 10.0 Å². The van der Waals surface area contributed by atoms with E-state index in [2.05, 4.69) is 20.2 Å². The quantitative estimate of drug-likeness (QED) is 0.513. The van der Waals surface area contributed by atoms with Gasteiger partial charge in [0.15, 0.2) is 0 Å². The van der Waals surface area contributed by atoms with Crippen molar-refractivity contribution in [1.29, 1.82) is 0 Å². The van der Waals surface area contributed by atoms with Crippen LogP contribution in [0.15, 0.2) is 46.8 Å². The van der Waals surface area contributed by atoms with Crippen molar-refractivity contribution in [1.82, 2.24) is 14.9 Å². The van der Waals surface area contributed by atoms with E-state index < -0.39 is 27.6 Å². The summed E-state index contributed by atoms with van der Waals surface area (Å²) in [7, 11) is -3.98. The number of carbonyl (C=O) groups is 1. The standard InChI is InChI=1S/C21H21ClN4O4S2/c1-12-4-9-17-15(10-12)16(11-21(2,3)30-17)26-32(28,29)20-25-24-19(31-20)23-18(27)13-5-7-14(22)8-6-13/h4-10,16,26H,11H2,1-3H3,(H,23,24,27)/t16-/m1/s1. The van der Waals surface area contributed by atoms with E-state index in [-0.39, 0.29) is 9.47 Å². The van der Waals surface area contributed by atoms with Crippen molar-refractivity contribution >= 4 is 44.0 Å². The summed E-state index contributed by atoms with van der Waals surface area (Å²) in [5.41, 5.74) is 1.59. The molecule has 0 saturated heterocycles. The van der Waals surface area contributed by atoms with Gasteiger partial charge >= 0.3 is 0 Å². The molecular weight excluding hydrogens is 472 g/mol. The highest BCUT2D eigenvalue weighted by Crippen LogP contribution is 2.40. The number of rotatable bonds is 5. The van der Waals surface area contributed by atoms with Gasteiger partial charge in [-0.25, -0.2) is 13.1 Å². The number of carbonyl (C=O) groups excluding carboxylic acids is 1. The molecule has 3 aromatic rings. The van der Waals surface area contributed by atoms with Gasteiger partial charge < -0.3 is 4.74 Å². The van der Waals surface area contributed by atoms with Gasteiger partial charge in [0, 0.05) is 22.6 Å². The number of amides is 1. The van der Waals surface area contributed by atoms with Crippen LogP contribution in [0, 0.1) is 6.92 Å². The Morgan fingerprint density at radius 3 is 2.62 bits per heavy atom. The lowest BCUT2D eigenvalue weighted by Gasteiger charge is -2.37. The second-order valence-electron chi connectivity index (χ2n) is 8.12. The fourth-order valence-electron chi connectivity index (χ4n) is 3.46. The number of hydrogen-bond donors (Lipinski definition) is 2. The lowest BCUT2D eigenvalue weighted by Crippen LogP contribution is -2.41. The molecule has 2 aromatic carbocycles. The summed E-state index contributed by atoms with van der Waals surface area (Å²) >= 11 is 6.61. The SMILES string of the molecule is Cc1ccc2c(c1)[C@H](NS(=O)(=O)c1nnc(NC(=O)c3ccc(Cl)cc3)s1)CC(C)(C)O2. The number of benzene rings is 2. The number of sulfonamides is 1. The van der Waals surface area contributed by atoms with Crippen molar-refractivity contribution in [3.05, 3.63) is 64.2 Å². The second-order valence-corrected chi connectivity index (χ2v) is 11.4. The zero-order chi connectivity index (χ0) is 23.1. The number of fused-ring (bicyclic) bond motifs is 1. The predicted octanol–water partition coefficient (Wildman–Crippen LogP) is 4.33. The van der Waals surface area contributed by atoms with Gasteiger partial charge in [0.25, 0.3) is 15.9 Å². The Morgan fingerprint density at radius 2 is 1.91 bits per heavy atom. The minimum absolute atomic E-state index is 0.0777. The summed E-state index contributed by atoms with van der Waals surface area (Å²) in [5, 5.41) is 10.7. The molecule has 2 heterocycles. The van der Waals surface area contributed by atoms with E-state index in [0.29, 0.717) is 22.8 Å². The Balaban J connectivity index is 1.54. The first-order valence-electron chi connectivity index (χ1n) is 9.75. The van der Waals surface area contributed by atoms with E-state index in [4.69, 9.17) is 16.3 Å². The molecule has 0 unspecified atom stereocenters. The van der Waals surface area contributed by atoms with Crippen LogP contribution in [0.5, 0.6) is 5.75 Å². The molecule has 1 atom stereocenters. The van der Waals surface area contributed by atoms with Gasteiger partial charge in [-0.3, -0.25) is 10.1 Å². The summed E-state index contributed by atoms with van der Waals surface area (Å²) in [6.07, 6.45) is 0.446. The normalized spacial score (nSPS) is 17.3. The second kappa shape index (κ2) is 8.43. The Kier molecular flexibility index (Phi) is 5.97. The van der Waals surface area contributed by atoms with Crippen LogP contribution in [0.25, 0.3) is 0 Å². The van der Waals surface area contributed by atoms with E-state index >= 15 is 0 Å². The van der Waals surface area contributed by atoms with Crippen molar-refractivity contribution in [3.63, 3.8) is 0 Å². The summed E-state index contributed by atoms with van der Waals surface area (Å²) < 4.78 is 34.6. The minimum atomic E-state index is -3.98. The highest BCUT2D eigenvalue weighted by atomic mass is 35.5. The molecule has 11 heteroatoms. The molecule has 32 heavy (non-hydrogen) atoms. The molecule has 168 valence electrons. The van der Waals surface area contributed by atoms with Gasteiger partial charge in [-0.05, 0) is 51.1 Å². The molecule has 0 radical (unpaired) electrons. The Hall–Kier alpha value is -2.53. The molecule has 0 saturated carbocycles. The Bertz CT molecular complexity index is 1270. The van der Waals surface area contributed by atoms with Crippen LogP contribution in [-0.4, -0.2) is 30.1 Å². The molecule has 1 aliphatic heterocycles. The zero-order valence-electron chi connectivity index (χ0n) is 17.5. The predicted molar refractivity (Wildman–Crippen MR) is 123 cm³/mol. The Morgan fingerprint density at radius 1 is 1.19 bits per heavy atom. The lowest BCUT2D eigenvalue weighted by molar-refractivity contribution is 0.0701. The van der Waals surface area contributed by atoms with Crippen LogP contribution in [0.4, 0.5) is 5.13 Å². The molecular formula is C21H21ClN4O4S2. The first-order chi connectivity index (χ1) is 15.0. The maximum atomic E-state index is 13.0. The largest absolute Gasteiger partial charge is 0.487 e. The van der Waals surface area contributed by atoms with Gasteiger partial charge in [-0.1, -0.05) is 40.6 Å². The van der Waals surface area contributed by atoms with Gasteiger partial charge in [0.2, 0.25) is 9.47 Å². The van der Waals surface area contributed by atoms with E-state index in [1.54, 1.807) is 24.3 Å². The summed E-state index contributed by atoms with van der Waals surface area (Å²) in [4.78, 5) is 12.3. The molecule has 0 aliphatic carbocycles. The minimum Gasteiger partial charge on any atom is -0.487 e. The summed E-state index contributed by atoms with van der Waals surface area (Å²) in [5.74, 6) is 0.207. The third-order valence-corrected chi connectivity index (χ3v) is 7.81. The van der Waals surface area contributed by atoms with Gasteiger partial charge in [0.1, 0.15) is 11.4 Å². The monoisotopic (exact) mass is 492 g/mol. The van der Waals surface area contributed by atoms with Crippen LogP contribution in [0.3, 0.4) is 0 Å². The molecule has 0 spiro atoms. The average molecular weight is 493 g/mol.